The average Bonchev–Trinajstić information content (AvgIpc) is 2.01. The smallest absolute Gasteiger partial charge is 0.216 e. The number of hydrogen-bond donors (Lipinski definition) is 2. The molecule has 0 spiro atoms. The first-order valence-corrected chi connectivity index (χ1v) is 6.45. The van der Waals surface area contributed by atoms with Crippen molar-refractivity contribution in [2.75, 3.05) is 6.54 Å². The Morgan fingerprint density at radius 3 is 2.14 bits per heavy atom. The second kappa shape index (κ2) is 5.09. The highest BCUT2D eigenvalue weighted by Gasteiger charge is 2.30. The van der Waals surface area contributed by atoms with Crippen LogP contribution >= 0.6 is 0 Å². The maximum Gasteiger partial charge on any atom is 0.216 e. The van der Waals surface area contributed by atoms with Gasteiger partial charge < -0.3 is 5.73 Å². The molecule has 0 saturated heterocycles. The first-order valence-electron chi connectivity index (χ1n) is 4.96. The van der Waals surface area contributed by atoms with Crippen LogP contribution in [0.15, 0.2) is 0 Å². The quantitative estimate of drug-likeness (QED) is 0.724. The standard InChI is InChI=1S/C9H22N2O2S/c1-5-8(6-7-10)11-14(12,13)9(2,3)4/h8,11H,5-7,10H2,1-4H3. The summed E-state index contributed by atoms with van der Waals surface area (Å²) < 4.78 is 25.4. The maximum absolute atomic E-state index is 11.7. The second-order valence-corrected chi connectivity index (χ2v) is 6.88. The molecule has 0 aromatic heterocycles. The molecule has 0 bridgehead atoms. The summed E-state index contributed by atoms with van der Waals surface area (Å²) in [5.41, 5.74) is 5.40. The van der Waals surface area contributed by atoms with Crippen LogP contribution in [0.4, 0.5) is 0 Å². The monoisotopic (exact) mass is 222 g/mol. The predicted molar refractivity (Wildman–Crippen MR) is 59.6 cm³/mol. The van der Waals surface area contributed by atoms with E-state index in [-0.39, 0.29) is 6.04 Å². The third-order valence-electron chi connectivity index (χ3n) is 2.14. The molecule has 0 amide bonds. The van der Waals surface area contributed by atoms with Crippen molar-refractivity contribution in [1.29, 1.82) is 0 Å². The van der Waals surface area contributed by atoms with Gasteiger partial charge in [0.05, 0.1) is 4.75 Å². The van der Waals surface area contributed by atoms with Crippen LogP contribution in [0.3, 0.4) is 0 Å². The van der Waals surface area contributed by atoms with Gasteiger partial charge in [0.1, 0.15) is 0 Å². The lowest BCUT2D eigenvalue weighted by atomic mass is 10.2. The molecule has 4 nitrogen and oxygen atoms in total. The molecule has 0 aliphatic carbocycles. The number of nitrogens with two attached hydrogens (primary N) is 1. The molecule has 3 N–H and O–H groups in total. The van der Waals surface area contributed by atoms with Gasteiger partial charge in [0, 0.05) is 6.04 Å². The van der Waals surface area contributed by atoms with E-state index in [4.69, 9.17) is 5.73 Å². The molecule has 0 heterocycles. The van der Waals surface area contributed by atoms with Crippen LogP contribution < -0.4 is 10.5 Å². The van der Waals surface area contributed by atoms with Crippen LogP contribution in [-0.4, -0.2) is 25.8 Å². The molecular weight excluding hydrogens is 200 g/mol. The van der Waals surface area contributed by atoms with E-state index in [1.54, 1.807) is 20.8 Å². The Morgan fingerprint density at radius 1 is 1.36 bits per heavy atom. The van der Waals surface area contributed by atoms with Crippen LogP contribution in [0.1, 0.15) is 40.5 Å². The van der Waals surface area contributed by atoms with E-state index in [2.05, 4.69) is 4.72 Å². The van der Waals surface area contributed by atoms with E-state index in [0.717, 1.165) is 6.42 Å². The van der Waals surface area contributed by atoms with Crippen LogP contribution in [0.5, 0.6) is 0 Å². The molecule has 0 radical (unpaired) electrons. The highest BCUT2D eigenvalue weighted by atomic mass is 32.2. The summed E-state index contributed by atoms with van der Waals surface area (Å²) in [7, 11) is -3.24. The minimum atomic E-state index is -3.24. The van der Waals surface area contributed by atoms with E-state index >= 15 is 0 Å². The Hall–Kier alpha value is -0.130. The summed E-state index contributed by atoms with van der Waals surface area (Å²) in [6, 6.07) is -0.0378. The topological polar surface area (TPSA) is 72.2 Å². The number of nitrogens with one attached hydrogen (secondary N) is 1. The Morgan fingerprint density at radius 2 is 1.86 bits per heavy atom. The molecule has 14 heavy (non-hydrogen) atoms. The SMILES string of the molecule is CCC(CCN)NS(=O)(=O)C(C)(C)C. The van der Waals surface area contributed by atoms with Crippen molar-refractivity contribution in [3.8, 4) is 0 Å². The van der Waals surface area contributed by atoms with Crippen LogP contribution in [0.2, 0.25) is 0 Å². The fraction of sp³-hybridized carbons (Fsp3) is 1.00. The van der Waals surface area contributed by atoms with Gasteiger partial charge in [0.25, 0.3) is 0 Å². The number of hydrogen-bond acceptors (Lipinski definition) is 3. The highest BCUT2D eigenvalue weighted by molar-refractivity contribution is 7.90. The first-order chi connectivity index (χ1) is 6.24. The molecule has 0 saturated carbocycles. The van der Waals surface area contributed by atoms with E-state index < -0.39 is 14.8 Å². The molecule has 5 heteroatoms. The molecule has 0 rings (SSSR count). The zero-order valence-electron chi connectivity index (χ0n) is 9.50. The summed E-state index contributed by atoms with van der Waals surface area (Å²) >= 11 is 0. The molecule has 0 aliphatic rings. The van der Waals surface area contributed by atoms with Gasteiger partial charge in [-0.3, -0.25) is 0 Å². The Labute approximate surface area is 87.3 Å². The average molecular weight is 222 g/mol. The van der Waals surface area contributed by atoms with E-state index in [1.807, 2.05) is 6.92 Å². The highest BCUT2D eigenvalue weighted by Crippen LogP contribution is 2.14. The van der Waals surface area contributed by atoms with Crippen molar-refractivity contribution in [3.63, 3.8) is 0 Å². The van der Waals surface area contributed by atoms with E-state index in [0.29, 0.717) is 13.0 Å². The molecule has 1 atom stereocenters. The minimum absolute atomic E-state index is 0.0378. The summed E-state index contributed by atoms with van der Waals surface area (Å²) in [4.78, 5) is 0. The summed E-state index contributed by atoms with van der Waals surface area (Å²) in [6.45, 7) is 7.51. The molecule has 86 valence electrons. The predicted octanol–water partition coefficient (Wildman–Crippen LogP) is 0.832. The van der Waals surface area contributed by atoms with E-state index in [1.165, 1.54) is 0 Å². The third kappa shape index (κ3) is 3.94. The van der Waals surface area contributed by atoms with Gasteiger partial charge in [0.2, 0.25) is 10.0 Å². The lowest BCUT2D eigenvalue weighted by Crippen LogP contribution is -2.45. The van der Waals surface area contributed by atoms with Crippen LogP contribution in [0, 0.1) is 0 Å². The van der Waals surface area contributed by atoms with E-state index in [9.17, 15) is 8.42 Å². The number of rotatable bonds is 5. The van der Waals surface area contributed by atoms with Gasteiger partial charge in [0.15, 0.2) is 0 Å². The van der Waals surface area contributed by atoms with Crippen LogP contribution in [0.25, 0.3) is 0 Å². The largest absolute Gasteiger partial charge is 0.330 e. The maximum atomic E-state index is 11.7. The molecule has 0 aromatic carbocycles. The van der Waals surface area contributed by atoms with Gasteiger partial charge in [-0.1, -0.05) is 6.92 Å². The van der Waals surface area contributed by atoms with Crippen molar-refractivity contribution in [2.45, 2.75) is 51.3 Å². The third-order valence-corrected chi connectivity index (χ3v) is 4.39. The zero-order valence-corrected chi connectivity index (χ0v) is 10.3. The second-order valence-electron chi connectivity index (χ2n) is 4.42. The van der Waals surface area contributed by atoms with Crippen molar-refractivity contribution < 1.29 is 8.42 Å². The van der Waals surface area contributed by atoms with Gasteiger partial charge >= 0.3 is 0 Å². The zero-order chi connectivity index (χ0) is 11.4. The molecule has 0 fully saturated rings. The molecular formula is C9H22N2O2S. The first kappa shape index (κ1) is 13.9. The fourth-order valence-electron chi connectivity index (χ4n) is 0.944. The minimum Gasteiger partial charge on any atom is -0.330 e. The van der Waals surface area contributed by atoms with Crippen molar-refractivity contribution in [1.82, 2.24) is 4.72 Å². The fourth-order valence-corrected chi connectivity index (χ4v) is 2.02. The lowest BCUT2D eigenvalue weighted by molar-refractivity contribution is 0.499. The van der Waals surface area contributed by atoms with Crippen LogP contribution in [-0.2, 0) is 10.0 Å². The number of sulfonamides is 1. The van der Waals surface area contributed by atoms with Crippen molar-refractivity contribution in [3.05, 3.63) is 0 Å². The lowest BCUT2D eigenvalue weighted by Gasteiger charge is -2.24. The molecule has 0 aromatic rings. The summed E-state index contributed by atoms with van der Waals surface area (Å²) in [6.07, 6.45) is 1.46. The Kier molecular flexibility index (Phi) is 5.05. The Bertz CT molecular complexity index is 254. The molecule has 1 unspecified atom stereocenters. The summed E-state index contributed by atoms with van der Waals surface area (Å²) in [5, 5.41) is 0. The normalized spacial score (nSPS) is 15.5. The van der Waals surface area contributed by atoms with Gasteiger partial charge in [-0.25, -0.2) is 13.1 Å². The van der Waals surface area contributed by atoms with Crippen molar-refractivity contribution >= 4 is 10.0 Å². The Balaban J connectivity index is 4.49. The van der Waals surface area contributed by atoms with Gasteiger partial charge in [-0.2, -0.15) is 0 Å². The van der Waals surface area contributed by atoms with Gasteiger partial charge in [-0.05, 0) is 40.2 Å². The van der Waals surface area contributed by atoms with Gasteiger partial charge in [-0.15, -0.1) is 0 Å². The summed E-state index contributed by atoms with van der Waals surface area (Å²) in [5.74, 6) is 0. The van der Waals surface area contributed by atoms with Crippen molar-refractivity contribution in [2.24, 2.45) is 5.73 Å². The molecule has 0 aliphatic heterocycles.